The van der Waals surface area contributed by atoms with Gasteiger partial charge in [0.1, 0.15) is 6.54 Å². The molecule has 0 spiro atoms. The molecule has 7 heteroatoms. The van der Waals surface area contributed by atoms with Crippen LogP contribution in [0.25, 0.3) is 0 Å². The maximum absolute atomic E-state index is 12.6. The molecule has 1 fully saturated rings. The number of hydrogen-bond acceptors (Lipinski definition) is 4. The van der Waals surface area contributed by atoms with E-state index in [-0.39, 0.29) is 30.3 Å². The minimum absolute atomic E-state index is 0.0592. The number of nitrogens with zero attached hydrogens (tertiary/aromatic N) is 2. The average molecular weight is 419 g/mol. The van der Waals surface area contributed by atoms with Gasteiger partial charge in [0, 0.05) is 19.5 Å². The summed E-state index contributed by atoms with van der Waals surface area (Å²) in [5.74, 6) is -1.01. The highest BCUT2D eigenvalue weighted by molar-refractivity contribution is 6.01. The molecule has 1 aromatic rings. The van der Waals surface area contributed by atoms with Crippen molar-refractivity contribution in [1.29, 1.82) is 0 Å². The van der Waals surface area contributed by atoms with Crippen molar-refractivity contribution < 1.29 is 24.6 Å². The van der Waals surface area contributed by atoms with E-state index >= 15 is 0 Å². The van der Waals surface area contributed by atoms with Crippen molar-refractivity contribution in [3.63, 3.8) is 0 Å². The van der Waals surface area contributed by atoms with Gasteiger partial charge in [0.25, 0.3) is 0 Å². The summed E-state index contributed by atoms with van der Waals surface area (Å²) in [5, 5.41) is 19.3. The Morgan fingerprint density at radius 1 is 1.07 bits per heavy atom. The van der Waals surface area contributed by atoms with Crippen LogP contribution in [0.3, 0.4) is 0 Å². The number of amides is 3. The van der Waals surface area contributed by atoms with Crippen LogP contribution in [0.1, 0.15) is 57.9 Å². The number of carbonyl (C=O) groups excluding carboxylic acids is 2. The first kappa shape index (κ1) is 23.9. The number of urea groups is 1. The Morgan fingerprint density at radius 2 is 1.73 bits per heavy atom. The van der Waals surface area contributed by atoms with E-state index in [1.807, 2.05) is 44.2 Å². The number of imide groups is 1. The predicted octanol–water partition coefficient (Wildman–Crippen LogP) is 3.31. The van der Waals surface area contributed by atoms with E-state index in [1.54, 1.807) is 0 Å². The topological polar surface area (TPSA) is 98.2 Å². The third-order valence-corrected chi connectivity index (χ3v) is 5.73. The predicted molar refractivity (Wildman–Crippen MR) is 114 cm³/mol. The van der Waals surface area contributed by atoms with E-state index in [0.29, 0.717) is 32.4 Å². The van der Waals surface area contributed by atoms with Crippen LogP contribution in [0.4, 0.5) is 4.79 Å². The van der Waals surface area contributed by atoms with Crippen molar-refractivity contribution in [3.8, 4) is 0 Å². The average Bonchev–Trinajstić information content (AvgIpc) is 2.96. The first-order valence-corrected chi connectivity index (χ1v) is 10.7. The van der Waals surface area contributed by atoms with Crippen LogP contribution in [0.15, 0.2) is 30.3 Å². The van der Waals surface area contributed by atoms with Gasteiger partial charge in [-0.3, -0.25) is 14.5 Å². The minimum atomic E-state index is -0.801. The van der Waals surface area contributed by atoms with Gasteiger partial charge in [0.05, 0.1) is 6.10 Å². The first-order valence-electron chi connectivity index (χ1n) is 10.7. The fraction of sp³-hybridized carbons (Fsp3) is 0.609. The Morgan fingerprint density at radius 3 is 2.40 bits per heavy atom. The number of carboxylic acids is 1. The van der Waals surface area contributed by atoms with E-state index in [4.69, 9.17) is 5.11 Å². The molecule has 0 aliphatic carbocycles. The molecular weight excluding hydrogens is 384 g/mol. The summed E-state index contributed by atoms with van der Waals surface area (Å²) >= 11 is 0. The smallest absolute Gasteiger partial charge is 0.327 e. The molecule has 2 rings (SSSR count). The van der Waals surface area contributed by atoms with Crippen LogP contribution in [-0.4, -0.2) is 63.7 Å². The fourth-order valence-corrected chi connectivity index (χ4v) is 3.80. The van der Waals surface area contributed by atoms with Gasteiger partial charge in [-0.15, -0.1) is 0 Å². The second-order valence-electron chi connectivity index (χ2n) is 8.76. The van der Waals surface area contributed by atoms with E-state index in [2.05, 4.69) is 0 Å². The molecule has 1 aromatic carbocycles. The normalized spacial score (nSPS) is 15.7. The first-order chi connectivity index (χ1) is 14.2. The number of unbranched alkanes of at least 4 members (excludes halogenated alkanes) is 3. The van der Waals surface area contributed by atoms with E-state index in [9.17, 15) is 19.5 Å². The molecule has 166 valence electrons. The van der Waals surface area contributed by atoms with Crippen molar-refractivity contribution in [2.24, 2.45) is 5.41 Å². The molecule has 1 atom stereocenters. The molecule has 30 heavy (non-hydrogen) atoms. The van der Waals surface area contributed by atoms with Gasteiger partial charge >= 0.3 is 12.0 Å². The number of rotatable bonds is 13. The SMILES string of the molecule is CC(C)(Cc1ccccc1)C(O)CCN1CC(=O)N(CCCCCCC(=O)O)C1=O. The lowest BCUT2D eigenvalue weighted by atomic mass is 9.79. The molecule has 0 bridgehead atoms. The van der Waals surface area contributed by atoms with Gasteiger partial charge < -0.3 is 15.1 Å². The summed E-state index contributed by atoms with van der Waals surface area (Å²) in [6, 6.07) is 9.71. The van der Waals surface area contributed by atoms with Gasteiger partial charge in [-0.2, -0.15) is 0 Å². The lowest BCUT2D eigenvalue weighted by molar-refractivity contribution is -0.137. The minimum Gasteiger partial charge on any atom is -0.481 e. The number of aliphatic hydroxyl groups excluding tert-OH is 1. The fourth-order valence-electron chi connectivity index (χ4n) is 3.80. The van der Waals surface area contributed by atoms with Crippen LogP contribution in [0, 0.1) is 5.41 Å². The Kier molecular flexibility index (Phi) is 8.84. The van der Waals surface area contributed by atoms with Crippen LogP contribution >= 0.6 is 0 Å². The summed E-state index contributed by atoms with van der Waals surface area (Å²) in [4.78, 5) is 38.1. The lowest BCUT2D eigenvalue weighted by Crippen LogP contribution is -2.38. The number of hydrogen-bond donors (Lipinski definition) is 2. The molecule has 2 N–H and O–H groups in total. The monoisotopic (exact) mass is 418 g/mol. The Hall–Kier alpha value is -2.41. The maximum atomic E-state index is 12.6. The molecule has 1 heterocycles. The quantitative estimate of drug-likeness (QED) is 0.378. The highest BCUT2D eigenvalue weighted by Gasteiger charge is 2.36. The van der Waals surface area contributed by atoms with Gasteiger partial charge in [-0.1, -0.05) is 57.0 Å². The summed E-state index contributed by atoms with van der Waals surface area (Å²) in [6.07, 6.45) is 3.56. The van der Waals surface area contributed by atoms with Crippen molar-refractivity contribution in [2.75, 3.05) is 19.6 Å². The molecule has 0 aromatic heterocycles. The van der Waals surface area contributed by atoms with Crippen molar-refractivity contribution >= 4 is 17.9 Å². The zero-order valence-corrected chi connectivity index (χ0v) is 18.0. The van der Waals surface area contributed by atoms with Gasteiger partial charge in [-0.25, -0.2) is 4.79 Å². The van der Waals surface area contributed by atoms with E-state index in [0.717, 1.165) is 24.8 Å². The molecule has 7 nitrogen and oxygen atoms in total. The molecule has 1 saturated heterocycles. The van der Waals surface area contributed by atoms with Gasteiger partial charge in [0.2, 0.25) is 5.91 Å². The van der Waals surface area contributed by atoms with Crippen molar-refractivity contribution in [1.82, 2.24) is 9.80 Å². The summed E-state index contributed by atoms with van der Waals surface area (Å²) in [7, 11) is 0. The van der Waals surface area contributed by atoms with E-state index < -0.39 is 12.1 Å². The molecule has 3 amide bonds. The second-order valence-corrected chi connectivity index (χ2v) is 8.76. The van der Waals surface area contributed by atoms with Gasteiger partial charge in [0.15, 0.2) is 0 Å². The van der Waals surface area contributed by atoms with Crippen LogP contribution in [0.5, 0.6) is 0 Å². The van der Waals surface area contributed by atoms with Gasteiger partial charge in [-0.05, 0) is 36.7 Å². The zero-order valence-electron chi connectivity index (χ0n) is 18.0. The summed E-state index contributed by atoms with van der Waals surface area (Å²) in [6.45, 7) is 4.79. The summed E-state index contributed by atoms with van der Waals surface area (Å²) in [5.41, 5.74) is 0.813. The number of aliphatic carboxylic acids is 1. The standard InChI is InChI=1S/C23H34N2O5/c1-23(2,16-18-10-6-5-7-11-18)19(26)13-15-24-17-20(27)25(22(24)30)14-9-4-3-8-12-21(28)29/h5-7,10-11,19,26H,3-4,8-9,12-17H2,1-2H3,(H,28,29). The van der Waals surface area contributed by atoms with E-state index in [1.165, 1.54) is 9.80 Å². The van der Waals surface area contributed by atoms with Crippen LogP contribution in [-0.2, 0) is 16.0 Å². The highest BCUT2D eigenvalue weighted by atomic mass is 16.4. The Labute approximate surface area is 178 Å². The Balaban J connectivity index is 1.75. The van der Waals surface area contributed by atoms with Crippen molar-refractivity contribution in [3.05, 3.63) is 35.9 Å². The van der Waals surface area contributed by atoms with Crippen molar-refractivity contribution in [2.45, 2.75) is 64.9 Å². The molecule has 1 unspecified atom stereocenters. The molecule has 1 aliphatic rings. The number of carbonyl (C=O) groups is 3. The summed E-state index contributed by atoms with van der Waals surface area (Å²) < 4.78 is 0. The van der Waals surface area contributed by atoms with Crippen LogP contribution in [0.2, 0.25) is 0 Å². The zero-order chi connectivity index (χ0) is 22.1. The number of aliphatic hydroxyl groups is 1. The third kappa shape index (κ3) is 7.13. The third-order valence-electron chi connectivity index (χ3n) is 5.73. The number of carboxylic acid groups (broad SMARTS) is 1. The molecular formula is C23H34N2O5. The molecule has 1 aliphatic heterocycles. The molecule has 0 saturated carbocycles. The maximum Gasteiger partial charge on any atom is 0.327 e. The molecule has 0 radical (unpaired) electrons. The van der Waals surface area contributed by atoms with Crippen LogP contribution < -0.4 is 0 Å². The number of benzene rings is 1. The Bertz CT molecular complexity index is 720. The lowest BCUT2D eigenvalue weighted by Gasteiger charge is -2.31. The second kappa shape index (κ2) is 11.1. The largest absolute Gasteiger partial charge is 0.481 e. The highest BCUT2D eigenvalue weighted by Crippen LogP contribution is 2.28.